The first-order chi connectivity index (χ1) is 14.5. The number of rotatable bonds is 6. The number of benzene rings is 2. The van der Waals surface area contributed by atoms with Crippen LogP contribution in [0, 0.1) is 19.7 Å². The van der Waals surface area contributed by atoms with Crippen LogP contribution in [0.3, 0.4) is 0 Å². The van der Waals surface area contributed by atoms with Crippen LogP contribution in [0.1, 0.15) is 36.0 Å². The lowest BCUT2D eigenvalue weighted by atomic mass is 10.1. The number of imidazole rings is 1. The molecule has 2 aromatic carbocycles. The average molecular weight is 430 g/mol. The minimum absolute atomic E-state index is 0.147. The molecule has 1 aliphatic heterocycles. The minimum atomic E-state index is -0.147. The molecule has 1 aromatic heterocycles. The van der Waals surface area contributed by atoms with Gasteiger partial charge in [-0.1, -0.05) is 23.7 Å². The van der Waals surface area contributed by atoms with Gasteiger partial charge in [-0.15, -0.1) is 0 Å². The Hall–Kier alpha value is -2.31. The molecule has 0 bridgehead atoms. The van der Waals surface area contributed by atoms with Gasteiger partial charge in [0.1, 0.15) is 11.3 Å². The van der Waals surface area contributed by atoms with Gasteiger partial charge in [0.25, 0.3) is 0 Å². The highest BCUT2D eigenvalue weighted by molar-refractivity contribution is 6.31. The zero-order chi connectivity index (χ0) is 21.3. The Labute approximate surface area is 182 Å². The van der Waals surface area contributed by atoms with Gasteiger partial charge in [-0.2, -0.15) is 0 Å². The second kappa shape index (κ2) is 8.82. The molecular formula is C23H29ClFN5. The van der Waals surface area contributed by atoms with E-state index < -0.39 is 0 Å². The highest BCUT2D eigenvalue weighted by Gasteiger charge is 2.20. The van der Waals surface area contributed by atoms with Crippen molar-refractivity contribution < 1.29 is 4.39 Å². The third-order valence-electron chi connectivity index (χ3n) is 5.76. The number of fused-ring (bicyclic) bond motifs is 1. The van der Waals surface area contributed by atoms with Gasteiger partial charge < -0.3 is 20.5 Å². The Balaban J connectivity index is 1.83. The van der Waals surface area contributed by atoms with E-state index >= 15 is 0 Å². The van der Waals surface area contributed by atoms with E-state index in [2.05, 4.69) is 14.8 Å². The Morgan fingerprint density at radius 1 is 1.10 bits per heavy atom. The predicted molar refractivity (Wildman–Crippen MR) is 123 cm³/mol. The third-order valence-corrected chi connectivity index (χ3v) is 5.98. The van der Waals surface area contributed by atoms with Crippen LogP contribution in [-0.4, -0.2) is 35.7 Å². The summed E-state index contributed by atoms with van der Waals surface area (Å²) in [5.74, 6) is 0.613. The van der Waals surface area contributed by atoms with Gasteiger partial charge >= 0.3 is 0 Å². The normalized spacial score (nSPS) is 14.5. The number of halogens is 2. The molecule has 2 heterocycles. The van der Waals surface area contributed by atoms with Crippen LogP contribution in [0.4, 0.5) is 16.0 Å². The highest BCUT2D eigenvalue weighted by atomic mass is 35.5. The molecule has 0 atom stereocenters. The summed E-state index contributed by atoms with van der Waals surface area (Å²) >= 11 is 6.55. The van der Waals surface area contributed by atoms with Crippen molar-refractivity contribution in [3.8, 4) is 0 Å². The van der Waals surface area contributed by atoms with Crippen molar-refractivity contribution >= 4 is 34.3 Å². The number of anilines is 2. The van der Waals surface area contributed by atoms with Gasteiger partial charge in [-0.25, -0.2) is 9.37 Å². The second-order valence-electron chi connectivity index (χ2n) is 8.12. The molecule has 7 heteroatoms. The SMILES string of the molecule is Cc1cc(Cn2c(NCCN)nc3c(N4CCCCC4)cc(Cl)cc32)cc(C)c1F. The summed E-state index contributed by atoms with van der Waals surface area (Å²) < 4.78 is 16.3. The molecular weight excluding hydrogens is 401 g/mol. The standard InChI is InChI=1S/C23H29ClFN5/c1-15-10-17(11-16(2)21(15)25)14-30-20-13-18(24)12-19(29-8-4-3-5-9-29)22(20)28-23(30)27-7-6-26/h10-13H,3-9,14,26H2,1-2H3,(H,27,28). The molecule has 0 amide bonds. The van der Waals surface area contributed by atoms with Gasteiger partial charge in [0.2, 0.25) is 5.95 Å². The number of nitrogens with one attached hydrogen (secondary N) is 1. The van der Waals surface area contributed by atoms with Crippen molar-refractivity contribution in [2.24, 2.45) is 5.73 Å². The molecule has 1 saturated heterocycles. The number of aryl methyl sites for hydroxylation is 2. The quantitative estimate of drug-likeness (QED) is 0.587. The molecule has 3 aromatic rings. The fraction of sp³-hybridized carbons (Fsp3) is 0.435. The van der Waals surface area contributed by atoms with Crippen molar-refractivity contribution in [1.82, 2.24) is 9.55 Å². The van der Waals surface area contributed by atoms with Crippen molar-refractivity contribution in [3.63, 3.8) is 0 Å². The molecule has 0 unspecified atom stereocenters. The first-order valence-corrected chi connectivity index (χ1v) is 11.0. The summed E-state index contributed by atoms with van der Waals surface area (Å²) in [5.41, 5.74) is 11.1. The summed E-state index contributed by atoms with van der Waals surface area (Å²) in [5, 5.41) is 4.05. The van der Waals surface area contributed by atoms with Crippen LogP contribution in [-0.2, 0) is 6.54 Å². The lowest BCUT2D eigenvalue weighted by molar-refractivity contribution is 0.579. The lowest BCUT2D eigenvalue weighted by Crippen LogP contribution is -2.29. The van der Waals surface area contributed by atoms with Crippen LogP contribution < -0.4 is 16.0 Å². The number of aromatic nitrogens is 2. The monoisotopic (exact) mass is 429 g/mol. The zero-order valence-electron chi connectivity index (χ0n) is 17.6. The molecule has 0 spiro atoms. The largest absolute Gasteiger partial charge is 0.370 e. The highest BCUT2D eigenvalue weighted by Crippen LogP contribution is 2.34. The van der Waals surface area contributed by atoms with Crippen molar-refractivity contribution in [2.75, 3.05) is 36.4 Å². The van der Waals surface area contributed by atoms with Crippen molar-refractivity contribution in [1.29, 1.82) is 0 Å². The van der Waals surface area contributed by atoms with Gasteiger partial charge in [0, 0.05) is 31.2 Å². The summed E-state index contributed by atoms with van der Waals surface area (Å²) in [7, 11) is 0. The van der Waals surface area contributed by atoms with Crippen LogP contribution >= 0.6 is 11.6 Å². The predicted octanol–water partition coefficient (Wildman–Crippen LogP) is 4.85. The Morgan fingerprint density at radius 3 is 2.47 bits per heavy atom. The van der Waals surface area contributed by atoms with Gasteiger partial charge in [-0.05, 0) is 61.9 Å². The fourth-order valence-corrected chi connectivity index (χ4v) is 4.54. The average Bonchev–Trinajstić information content (AvgIpc) is 3.07. The molecule has 1 aliphatic rings. The summed E-state index contributed by atoms with van der Waals surface area (Å²) in [6.07, 6.45) is 3.63. The zero-order valence-corrected chi connectivity index (χ0v) is 18.4. The van der Waals surface area contributed by atoms with E-state index in [-0.39, 0.29) is 5.82 Å². The molecule has 1 fully saturated rings. The van der Waals surface area contributed by atoms with Crippen LogP contribution in [0.15, 0.2) is 24.3 Å². The summed E-state index contributed by atoms with van der Waals surface area (Å²) in [6.45, 7) is 7.35. The van der Waals surface area contributed by atoms with Crippen LogP contribution in [0.25, 0.3) is 11.0 Å². The summed E-state index contributed by atoms with van der Waals surface area (Å²) in [6, 6.07) is 7.79. The topological polar surface area (TPSA) is 59.1 Å². The van der Waals surface area contributed by atoms with Gasteiger partial charge in [0.05, 0.1) is 17.7 Å². The van der Waals surface area contributed by atoms with Crippen molar-refractivity contribution in [3.05, 3.63) is 51.8 Å². The van der Waals surface area contributed by atoms with E-state index in [1.807, 2.05) is 24.3 Å². The van der Waals surface area contributed by atoms with Gasteiger partial charge in [0.15, 0.2) is 0 Å². The molecule has 0 saturated carbocycles. The van der Waals surface area contributed by atoms with E-state index in [0.717, 1.165) is 41.3 Å². The third kappa shape index (κ3) is 4.12. The van der Waals surface area contributed by atoms with Gasteiger partial charge in [-0.3, -0.25) is 0 Å². The second-order valence-corrected chi connectivity index (χ2v) is 8.56. The number of hydrogen-bond donors (Lipinski definition) is 2. The van der Waals surface area contributed by atoms with E-state index in [0.29, 0.717) is 35.8 Å². The lowest BCUT2D eigenvalue weighted by Gasteiger charge is -2.29. The number of hydrogen-bond acceptors (Lipinski definition) is 4. The Kier molecular flexibility index (Phi) is 6.16. The smallest absolute Gasteiger partial charge is 0.204 e. The molecule has 160 valence electrons. The molecule has 0 aliphatic carbocycles. The summed E-state index contributed by atoms with van der Waals surface area (Å²) in [4.78, 5) is 7.33. The fourth-order valence-electron chi connectivity index (χ4n) is 4.34. The maximum Gasteiger partial charge on any atom is 0.204 e. The maximum absolute atomic E-state index is 14.1. The number of nitrogens with two attached hydrogens (primary N) is 1. The first kappa shape index (κ1) is 20.9. The van der Waals surface area contributed by atoms with E-state index in [1.165, 1.54) is 19.3 Å². The first-order valence-electron chi connectivity index (χ1n) is 10.6. The number of piperidine rings is 1. The Morgan fingerprint density at radius 2 is 1.80 bits per heavy atom. The minimum Gasteiger partial charge on any atom is -0.370 e. The number of nitrogens with zero attached hydrogens (tertiary/aromatic N) is 3. The van der Waals surface area contributed by atoms with Crippen LogP contribution in [0.5, 0.6) is 0 Å². The molecule has 0 radical (unpaired) electrons. The van der Waals surface area contributed by atoms with Crippen molar-refractivity contribution in [2.45, 2.75) is 39.7 Å². The maximum atomic E-state index is 14.1. The van der Waals surface area contributed by atoms with E-state index in [1.54, 1.807) is 13.8 Å². The Bertz CT molecular complexity index is 1030. The molecule has 5 nitrogen and oxygen atoms in total. The molecule has 3 N–H and O–H groups in total. The van der Waals surface area contributed by atoms with E-state index in [4.69, 9.17) is 22.3 Å². The van der Waals surface area contributed by atoms with Crippen LogP contribution in [0.2, 0.25) is 5.02 Å². The molecule has 30 heavy (non-hydrogen) atoms. The molecule has 4 rings (SSSR count). The van der Waals surface area contributed by atoms with E-state index in [9.17, 15) is 4.39 Å².